The van der Waals surface area contributed by atoms with Crippen LogP contribution in [0.25, 0.3) is 0 Å². The zero-order chi connectivity index (χ0) is 11.6. The molecule has 0 spiro atoms. The summed E-state index contributed by atoms with van der Waals surface area (Å²) < 4.78 is 1.95. The van der Waals surface area contributed by atoms with E-state index in [1.54, 1.807) is 13.1 Å². The van der Waals surface area contributed by atoms with Crippen molar-refractivity contribution in [1.82, 2.24) is 9.55 Å². The molecular weight excluding hydrogens is 200 g/mol. The van der Waals surface area contributed by atoms with E-state index in [9.17, 15) is 5.11 Å². The van der Waals surface area contributed by atoms with Gasteiger partial charge in [-0.1, -0.05) is 30.3 Å². The molecule has 0 aliphatic rings. The van der Waals surface area contributed by atoms with Gasteiger partial charge in [-0.2, -0.15) is 0 Å². The average molecular weight is 216 g/mol. The first kappa shape index (κ1) is 10.9. The van der Waals surface area contributed by atoms with Crippen LogP contribution >= 0.6 is 0 Å². The number of aliphatic hydroxyl groups is 1. The van der Waals surface area contributed by atoms with Crippen molar-refractivity contribution in [3.8, 4) is 0 Å². The van der Waals surface area contributed by atoms with Crippen molar-refractivity contribution in [2.75, 3.05) is 0 Å². The van der Waals surface area contributed by atoms with E-state index < -0.39 is 5.60 Å². The van der Waals surface area contributed by atoms with Gasteiger partial charge in [0.05, 0.1) is 0 Å². The fourth-order valence-electron chi connectivity index (χ4n) is 1.88. The SMILES string of the molecule is CCn1ccnc1C(C)(O)c1ccccc1. The van der Waals surface area contributed by atoms with Gasteiger partial charge in [-0.15, -0.1) is 0 Å². The van der Waals surface area contributed by atoms with Crippen molar-refractivity contribution in [3.05, 3.63) is 54.1 Å². The lowest BCUT2D eigenvalue weighted by Gasteiger charge is -2.24. The highest BCUT2D eigenvalue weighted by Gasteiger charge is 2.29. The molecule has 1 unspecified atom stereocenters. The van der Waals surface area contributed by atoms with Crippen molar-refractivity contribution in [2.24, 2.45) is 0 Å². The Bertz CT molecular complexity index is 460. The first-order valence-electron chi connectivity index (χ1n) is 5.45. The molecule has 0 aliphatic heterocycles. The first-order valence-corrected chi connectivity index (χ1v) is 5.45. The van der Waals surface area contributed by atoms with E-state index in [0.717, 1.165) is 12.1 Å². The summed E-state index contributed by atoms with van der Waals surface area (Å²) >= 11 is 0. The average Bonchev–Trinajstić information content (AvgIpc) is 2.79. The maximum atomic E-state index is 10.6. The summed E-state index contributed by atoms with van der Waals surface area (Å²) in [6.45, 7) is 4.61. The molecule has 0 saturated carbocycles. The summed E-state index contributed by atoms with van der Waals surface area (Å²) in [5, 5.41) is 10.6. The Labute approximate surface area is 95.4 Å². The number of rotatable bonds is 3. The van der Waals surface area contributed by atoms with E-state index in [1.807, 2.05) is 48.0 Å². The predicted octanol–water partition coefficient (Wildman–Crippen LogP) is 2.16. The van der Waals surface area contributed by atoms with Gasteiger partial charge in [0.15, 0.2) is 0 Å². The summed E-state index contributed by atoms with van der Waals surface area (Å²) in [6.07, 6.45) is 3.60. The molecule has 1 heterocycles. The van der Waals surface area contributed by atoms with Crippen LogP contribution in [0.5, 0.6) is 0 Å². The zero-order valence-electron chi connectivity index (χ0n) is 9.59. The van der Waals surface area contributed by atoms with Gasteiger partial charge >= 0.3 is 0 Å². The van der Waals surface area contributed by atoms with Gasteiger partial charge in [0.25, 0.3) is 0 Å². The molecule has 0 radical (unpaired) electrons. The Kier molecular flexibility index (Phi) is 2.79. The molecule has 2 aromatic rings. The highest BCUT2D eigenvalue weighted by Crippen LogP contribution is 2.27. The molecule has 0 fully saturated rings. The van der Waals surface area contributed by atoms with E-state index in [0.29, 0.717) is 5.82 Å². The molecule has 2 rings (SSSR count). The monoisotopic (exact) mass is 216 g/mol. The quantitative estimate of drug-likeness (QED) is 0.853. The Balaban J connectivity index is 2.47. The molecule has 0 saturated heterocycles. The van der Waals surface area contributed by atoms with Gasteiger partial charge in [0.2, 0.25) is 0 Å². The van der Waals surface area contributed by atoms with E-state index in [2.05, 4.69) is 4.98 Å². The van der Waals surface area contributed by atoms with E-state index >= 15 is 0 Å². The van der Waals surface area contributed by atoms with E-state index in [-0.39, 0.29) is 0 Å². The van der Waals surface area contributed by atoms with E-state index in [4.69, 9.17) is 0 Å². The molecule has 1 aromatic heterocycles. The standard InChI is InChI=1S/C13H16N2O/c1-3-15-10-9-14-12(15)13(2,16)11-7-5-4-6-8-11/h4-10,16H,3H2,1-2H3. The summed E-state index contributed by atoms with van der Waals surface area (Å²) in [5.41, 5.74) is -0.184. The summed E-state index contributed by atoms with van der Waals surface area (Å²) in [6, 6.07) is 9.60. The van der Waals surface area contributed by atoms with Crippen LogP contribution in [0.1, 0.15) is 25.2 Å². The van der Waals surface area contributed by atoms with Crippen molar-refractivity contribution in [1.29, 1.82) is 0 Å². The lowest BCUT2D eigenvalue weighted by Crippen LogP contribution is -2.27. The highest BCUT2D eigenvalue weighted by atomic mass is 16.3. The molecule has 3 nitrogen and oxygen atoms in total. The third kappa shape index (κ3) is 1.74. The number of imidazole rings is 1. The van der Waals surface area contributed by atoms with Crippen LogP contribution < -0.4 is 0 Å². The lowest BCUT2D eigenvalue weighted by molar-refractivity contribution is 0.0882. The lowest BCUT2D eigenvalue weighted by atomic mass is 9.95. The van der Waals surface area contributed by atoms with Crippen molar-refractivity contribution in [2.45, 2.75) is 26.0 Å². The van der Waals surface area contributed by atoms with Crippen LogP contribution in [-0.4, -0.2) is 14.7 Å². The number of aryl methyl sites for hydroxylation is 1. The second-order valence-electron chi connectivity index (χ2n) is 3.98. The van der Waals surface area contributed by atoms with Crippen LogP contribution in [0.15, 0.2) is 42.7 Å². The molecule has 16 heavy (non-hydrogen) atoms. The zero-order valence-corrected chi connectivity index (χ0v) is 9.59. The number of hydrogen-bond donors (Lipinski definition) is 1. The van der Waals surface area contributed by atoms with Crippen LogP contribution in [0.3, 0.4) is 0 Å². The highest BCUT2D eigenvalue weighted by molar-refractivity contribution is 5.28. The fraction of sp³-hybridized carbons (Fsp3) is 0.308. The Morgan fingerprint density at radius 1 is 1.31 bits per heavy atom. The van der Waals surface area contributed by atoms with Crippen LogP contribution in [0.4, 0.5) is 0 Å². The smallest absolute Gasteiger partial charge is 0.145 e. The van der Waals surface area contributed by atoms with E-state index in [1.165, 1.54) is 0 Å². The summed E-state index contributed by atoms with van der Waals surface area (Å²) in [5.74, 6) is 0.682. The van der Waals surface area contributed by atoms with Crippen molar-refractivity contribution in [3.63, 3.8) is 0 Å². The molecule has 1 N–H and O–H groups in total. The maximum Gasteiger partial charge on any atom is 0.145 e. The molecule has 84 valence electrons. The fourth-order valence-corrected chi connectivity index (χ4v) is 1.88. The molecule has 0 aliphatic carbocycles. The van der Waals surface area contributed by atoms with Gasteiger partial charge in [-0.05, 0) is 19.4 Å². The minimum Gasteiger partial charge on any atom is -0.377 e. The third-order valence-corrected chi connectivity index (χ3v) is 2.83. The molecule has 0 amide bonds. The summed E-state index contributed by atoms with van der Waals surface area (Å²) in [7, 11) is 0. The number of benzene rings is 1. The topological polar surface area (TPSA) is 38.0 Å². The van der Waals surface area contributed by atoms with Crippen LogP contribution in [0, 0.1) is 0 Å². The Morgan fingerprint density at radius 3 is 2.62 bits per heavy atom. The largest absolute Gasteiger partial charge is 0.377 e. The first-order chi connectivity index (χ1) is 7.66. The van der Waals surface area contributed by atoms with Gasteiger partial charge < -0.3 is 9.67 Å². The van der Waals surface area contributed by atoms with Crippen LogP contribution in [-0.2, 0) is 12.1 Å². The molecule has 1 aromatic carbocycles. The maximum absolute atomic E-state index is 10.6. The van der Waals surface area contributed by atoms with Gasteiger partial charge in [-0.3, -0.25) is 0 Å². The second-order valence-corrected chi connectivity index (χ2v) is 3.98. The predicted molar refractivity (Wildman–Crippen MR) is 63.0 cm³/mol. The second kappa shape index (κ2) is 4.10. The molecule has 3 heteroatoms. The Hall–Kier alpha value is -1.61. The normalized spacial score (nSPS) is 14.7. The number of aromatic nitrogens is 2. The third-order valence-electron chi connectivity index (χ3n) is 2.83. The molecule has 1 atom stereocenters. The minimum atomic E-state index is -1.04. The number of nitrogens with zero attached hydrogens (tertiary/aromatic N) is 2. The minimum absolute atomic E-state index is 0.682. The molecular formula is C13H16N2O. The van der Waals surface area contributed by atoms with Crippen molar-refractivity contribution >= 4 is 0 Å². The van der Waals surface area contributed by atoms with Crippen molar-refractivity contribution < 1.29 is 5.11 Å². The van der Waals surface area contributed by atoms with Gasteiger partial charge in [-0.25, -0.2) is 4.98 Å². The van der Waals surface area contributed by atoms with Gasteiger partial charge in [0, 0.05) is 18.9 Å². The van der Waals surface area contributed by atoms with Gasteiger partial charge in [0.1, 0.15) is 11.4 Å². The summed E-state index contributed by atoms with van der Waals surface area (Å²) in [4.78, 5) is 4.25. The molecule has 0 bridgehead atoms. The van der Waals surface area contributed by atoms with Crippen LogP contribution in [0.2, 0.25) is 0 Å². The Morgan fingerprint density at radius 2 is 2.00 bits per heavy atom. The number of hydrogen-bond acceptors (Lipinski definition) is 2.